The molecular formula is C28H35NO4. The van der Waals surface area contributed by atoms with Gasteiger partial charge in [0.25, 0.3) is 0 Å². The number of benzene rings is 2. The zero-order chi connectivity index (χ0) is 22.9. The predicted molar refractivity (Wildman–Crippen MR) is 132 cm³/mol. The first-order valence-corrected chi connectivity index (χ1v) is 12.2. The molecule has 0 aliphatic carbocycles. The Labute approximate surface area is 197 Å². The highest BCUT2D eigenvalue weighted by molar-refractivity contribution is 5.86. The lowest BCUT2D eigenvalue weighted by Gasteiger charge is -2.18. The molecule has 33 heavy (non-hydrogen) atoms. The minimum absolute atomic E-state index is 0.517. The summed E-state index contributed by atoms with van der Waals surface area (Å²) in [5.74, 6) is 2.68. The number of aromatic nitrogens is 1. The Balaban J connectivity index is 1.24. The highest BCUT2D eigenvalue weighted by Gasteiger charge is 2.14. The lowest BCUT2D eigenvalue weighted by molar-refractivity contribution is 0.114. The fourth-order valence-corrected chi connectivity index (χ4v) is 4.09. The smallest absolute Gasteiger partial charge is 0.161 e. The first-order valence-electron chi connectivity index (χ1n) is 12.2. The second-order valence-corrected chi connectivity index (χ2v) is 8.57. The summed E-state index contributed by atoms with van der Waals surface area (Å²) in [7, 11) is 0. The number of rotatable bonds is 12. The fourth-order valence-electron chi connectivity index (χ4n) is 4.09. The van der Waals surface area contributed by atoms with Crippen LogP contribution in [0.5, 0.6) is 17.2 Å². The predicted octanol–water partition coefficient (Wildman–Crippen LogP) is 6.42. The first kappa shape index (κ1) is 23.4. The van der Waals surface area contributed by atoms with Crippen molar-refractivity contribution in [3.63, 3.8) is 0 Å². The van der Waals surface area contributed by atoms with Crippen LogP contribution in [0.1, 0.15) is 55.8 Å². The summed E-state index contributed by atoms with van der Waals surface area (Å²) in [5, 5.41) is 1.08. The van der Waals surface area contributed by atoms with Gasteiger partial charge in [0.2, 0.25) is 0 Å². The standard InChI is InChI=1S/C28H35NO4/c1-3-4-16-33-28-21(2)25(29-24-12-8-7-11-23(24)28)20-30-15-9-5-6-10-22-13-14-26-27(19-22)32-18-17-31-26/h7-8,11-14,19H,3-6,9-10,15-18,20H2,1-2H3. The van der Waals surface area contributed by atoms with Gasteiger partial charge in [-0.2, -0.15) is 0 Å². The van der Waals surface area contributed by atoms with Gasteiger partial charge in [-0.25, -0.2) is 4.98 Å². The summed E-state index contributed by atoms with van der Waals surface area (Å²) in [4.78, 5) is 4.85. The largest absolute Gasteiger partial charge is 0.493 e. The Bertz CT molecular complexity index is 1050. The van der Waals surface area contributed by atoms with Gasteiger partial charge in [0.1, 0.15) is 19.0 Å². The molecule has 0 fully saturated rings. The summed E-state index contributed by atoms with van der Waals surface area (Å²) in [5.41, 5.74) is 4.32. The lowest BCUT2D eigenvalue weighted by Crippen LogP contribution is -2.15. The quantitative estimate of drug-likeness (QED) is 0.299. The molecule has 0 radical (unpaired) electrons. The molecule has 1 aliphatic rings. The van der Waals surface area contributed by atoms with E-state index < -0.39 is 0 Å². The minimum atomic E-state index is 0.517. The van der Waals surface area contributed by atoms with Crippen LogP contribution in [0, 0.1) is 6.92 Å². The molecule has 0 atom stereocenters. The molecule has 2 heterocycles. The molecule has 5 heteroatoms. The van der Waals surface area contributed by atoms with E-state index in [1.165, 1.54) is 5.56 Å². The SMILES string of the molecule is CCCCOc1c(C)c(COCCCCCc2ccc3c(c2)OCCO3)nc2ccccc12. The first-order chi connectivity index (χ1) is 16.3. The highest BCUT2D eigenvalue weighted by atomic mass is 16.6. The van der Waals surface area contributed by atoms with E-state index in [1.54, 1.807) is 0 Å². The van der Waals surface area contributed by atoms with Crippen LogP contribution in [-0.2, 0) is 17.8 Å². The van der Waals surface area contributed by atoms with Gasteiger partial charge in [-0.05, 0) is 62.4 Å². The molecule has 0 unspecified atom stereocenters. The second kappa shape index (κ2) is 11.9. The average molecular weight is 450 g/mol. The average Bonchev–Trinajstić information content (AvgIpc) is 2.85. The van der Waals surface area contributed by atoms with Crippen molar-refractivity contribution in [2.24, 2.45) is 0 Å². The molecule has 0 amide bonds. The summed E-state index contributed by atoms with van der Waals surface area (Å²) < 4.78 is 23.4. The molecule has 0 saturated carbocycles. The number of para-hydroxylation sites is 1. The third kappa shape index (κ3) is 6.17. The van der Waals surface area contributed by atoms with Crippen LogP contribution < -0.4 is 14.2 Å². The van der Waals surface area contributed by atoms with E-state index in [-0.39, 0.29) is 0 Å². The van der Waals surface area contributed by atoms with Gasteiger partial charge >= 0.3 is 0 Å². The number of unbranched alkanes of at least 4 members (excludes halogenated alkanes) is 3. The molecule has 0 N–H and O–H groups in total. The Morgan fingerprint density at radius 2 is 1.76 bits per heavy atom. The van der Waals surface area contributed by atoms with Crippen LogP contribution in [-0.4, -0.2) is 31.4 Å². The summed E-state index contributed by atoms with van der Waals surface area (Å²) in [6.45, 7) is 7.52. The van der Waals surface area contributed by atoms with E-state index in [0.29, 0.717) is 19.8 Å². The van der Waals surface area contributed by atoms with Crippen molar-refractivity contribution in [2.45, 2.75) is 59.0 Å². The zero-order valence-electron chi connectivity index (χ0n) is 19.9. The fraction of sp³-hybridized carbons (Fsp3) is 0.464. The maximum absolute atomic E-state index is 6.15. The molecule has 3 aromatic rings. The third-order valence-corrected chi connectivity index (χ3v) is 6.02. The van der Waals surface area contributed by atoms with Crippen molar-refractivity contribution >= 4 is 10.9 Å². The van der Waals surface area contributed by atoms with Gasteiger partial charge in [0, 0.05) is 17.6 Å². The molecule has 4 rings (SSSR count). The van der Waals surface area contributed by atoms with Crippen molar-refractivity contribution in [1.29, 1.82) is 0 Å². The van der Waals surface area contributed by atoms with Gasteiger partial charge in [-0.3, -0.25) is 0 Å². The Morgan fingerprint density at radius 3 is 2.64 bits per heavy atom. The molecular weight excluding hydrogens is 414 g/mol. The van der Waals surface area contributed by atoms with E-state index >= 15 is 0 Å². The maximum atomic E-state index is 6.15. The topological polar surface area (TPSA) is 49.8 Å². The van der Waals surface area contributed by atoms with Gasteiger partial charge in [-0.1, -0.05) is 38.0 Å². The molecule has 0 bridgehead atoms. The van der Waals surface area contributed by atoms with Crippen LogP contribution in [0.3, 0.4) is 0 Å². The summed E-state index contributed by atoms with van der Waals surface area (Å²) >= 11 is 0. The summed E-state index contributed by atoms with van der Waals surface area (Å²) in [6, 6.07) is 14.5. The monoisotopic (exact) mass is 449 g/mol. The van der Waals surface area contributed by atoms with Gasteiger partial charge in [0.05, 0.1) is 24.4 Å². The Morgan fingerprint density at radius 1 is 0.909 bits per heavy atom. The van der Waals surface area contributed by atoms with Crippen molar-refractivity contribution in [3.8, 4) is 17.2 Å². The van der Waals surface area contributed by atoms with Crippen LogP contribution in [0.4, 0.5) is 0 Å². The number of ether oxygens (including phenoxy) is 4. The molecule has 176 valence electrons. The van der Waals surface area contributed by atoms with Gasteiger partial charge in [0.15, 0.2) is 11.5 Å². The Kier molecular flexibility index (Phi) is 8.42. The van der Waals surface area contributed by atoms with Crippen molar-refractivity contribution in [1.82, 2.24) is 4.98 Å². The van der Waals surface area contributed by atoms with Crippen molar-refractivity contribution < 1.29 is 18.9 Å². The second-order valence-electron chi connectivity index (χ2n) is 8.57. The van der Waals surface area contributed by atoms with Gasteiger partial charge in [-0.15, -0.1) is 0 Å². The maximum Gasteiger partial charge on any atom is 0.161 e. The molecule has 1 aliphatic heterocycles. The lowest BCUT2D eigenvalue weighted by atomic mass is 10.1. The van der Waals surface area contributed by atoms with Gasteiger partial charge < -0.3 is 18.9 Å². The van der Waals surface area contributed by atoms with Crippen molar-refractivity contribution in [2.75, 3.05) is 26.4 Å². The molecule has 2 aromatic carbocycles. The normalized spacial score (nSPS) is 12.8. The van der Waals surface area contributed by atoms with E-state index in [9.17, 15) is 0 Å². The van der Waals surface area contributed by atoms with Crippen LogP contribution in [0.2, 0.25) is 0 Å². The number of hydrogen-bond acceptors (Lipinski definition) is 5. The van der Waals surface area contributed by atoms with E-state index in [0.717, 1.165) is 91.1 Å². The highest BCUT2D eigenvalue weighted by Crippen LogP contribution is 2.32. The number of hydrogen-bond donors (Lipinski definition) is 0. The Hall–Kier alpha value is -2.79. The molecule has 0 spiro atoms. The minimum Gasteiger partial charge on any atom is -0.493 e. The number of pyridine rings is 1. The number of fused-ring (bicyclic) bond motifs is 2. The zero-order valence-corrected chi connectivity index (χ0v) is 19.9. The molecule has 1 aromatic heterocycles. The van der Waals surface area contributed by atoms with E-state index in [4.69, 9.17) is 23.9 Å². The van der Waals surface area contributed by atoms with Crippen LogP contribution in [0.15, 0.2) is 42.5 Å². The number of nitrogens with zero attached hydrogens (tertiary/aromatic N) is 1. The number of aryl methyl sites for hydroxylation is 1. The van der Waals surface area contributed by atoms with Crippen LogP contribution in [0.25, 0.3) is 10.9 Å². The summed E-state index contributed by atoms with van der Waals surface area (Å²) in [6.07, 6.45) is 6.51. The van der Waals surface area contributed by atoms with Crippen molar-refractivity contribution in [3.05, 3.63) is 59.3 Å². The third-order valence-electron chi connectivity index (χ3n) is 6.02. The van der Waals surface area contributed by atoms with Crippen LogP contribution >= 0.6 is 0 Å². The molecule has 5 nitrogen and oxygen atoms in total. The molecule has 0 saturated heterocycles. The van der Waals surface area contributed by atoms with E-state index in [1.807, 2.05) is 24.3 Å². The van der Waals surface area contributed by atoms with E-state index in [2.05, 4.69) is 32.0 Å².